The quantitative estimate of drug-likeness (QED) is 0.0358. The van der Waals surface area contributed by atoms with E-state index >= 15 is 0 Å². The number of hydrogen-bond acceptors (Lipinski definition) is 14. The smallest absolute Gasteiger partial charge is 0.165 e. The zero-order chi connectivity index (χ0) is 65.0. The zero-order valence-electron chi connectivity index (χ0n) is 54.5. The lowest BCUT2D eigenvalue weighted by atomic mass is 9.49. The van der Waals surface area contributed by atoms with Gasteiger partial charge < -0.3 is 46.7 Å². The standard InChI is InChI=1S/C80H93N3O8S4/c81-76(82)60-35-49-7-5-9-69-58(24-30-83-69)72(88)39-62-59(49)37-51(60)42-92-93-43-54-40-78(28-22-55(85)16-10-46-12-20-71(87)73(33-46)91-31-25-47-11-19-70(86)64(62)32-47)45-79(54,89)74-21-15-52(78)38-63-61-36-48-6-1-2-8-56(48)65(41-84)66(44-94-95-74)57(61)17-14-53-34-50-13-18-67(63)80(53,90)68-23-29-77(75(50)68)26-3-4-27-77/h1-2,6,8,11-12,15,19-22,24,28,30,32-33,35,37,50,52-54,57,61-63,65-68,74-76,83-84,86-87,89-90H,3-4,9-10,13-14,16-18,23,25-27,29,31,34,36,38-45,81-82H2/b28-22+/t50-,52-,53+,54+,57-,61-,62-,63+,65-,66-,67+,68+,74+,75+,78-,79+,80+/m0/s1. The third kappa shape index (κ3) is 11.4. The number of ketones is 2. The summed E-state index contributed by atoms with van der Waals surface area (Å²) in [6.45, 7) is 0.302. The highest BCUT2D eigenvalue weighted by atomic mass is 33.1. The first kappa shape index (κ1) is 64.8. The number of fused-ring (bicyclic) bond motifs is 15. The van der Waals surface area contributed by atoms with Gasteiger partial charge in [0.25, 0.3) is 0 Å². The van der Waals surface area contributed by atoms with Crippen molar-refractivity contribution in [1.82, 2.24) is 4.98 Å². The van der Waals surface area contributed by atoms with Crippen LogP contribution in [0.5, 0.6) is 17.2 Å². The lowest BCUT2D eigenvalue weighted by molar-refractivity contribution is -0.188. The molecule has 2 spiro atoms. The number of aromatic amines is 1. The number of carbonyl (C=O) groups excluding carboxylic acids is 2. The number of aryl methyl sites for hydroxylation is 1. The maximum absolute atomic E-state index is 14.8. The highest BCUT2D eigenvalue weighted by Gasteiger charge is 2.69. The van der Waals surface area contributed by atoms with Crippen LogP contribution in [-0.2, 0) is 36.2 Å². The lowest BCUT2D eigenvalue weighted by Crippen LogP contribution is -2.60. The second-order valence-corrected chi connectivity index (χ2v) is 36.2. The molecule has 10 aliphatic carbocycles. The van der Waals surface area contributed by atoms with E-state index in [1.165, 1.54) is 49.7 Å². The molecule has 500 valence electrons. The molecular weight excluding hydrogens is 1260 g/mol. The first-order chi connectivity index (χ1) is 46.1. The Morgan fingerprint density at radius 1 is 0.737 bits per heavy atom. The lowest BCUT2D eigenvalue weighted by Gasteiger charge is -2.58. The average molecular weight is 1350 g/mol. The number of aliphatic hydroxyl groups excluding tert-OH is 1. The minimum absolute atomic E-state index is 0.00165. The van der Waals surface area contributed by atoms with Crippen LogP contribution in [0.25, 0.3) is 0 Å². The molecule has 10 N–H and O–H groups in total. The Morgan fingerprint density at radius 2 is 1.58 bits per heavy atom. The van der Waals surface area contributed by atoms with Gasteiger partial charge in [-0.2, -0.15) is 0 Å². The number of nitrogens with two attached hydrogens (primary N) is 2. The van der Waals surface area contributed by atoms with Gasteiger partial charge in [-0.25, -0.2) is 0 Å². The van der Waals surface area contributed by atoms with Crippen LogP contribution < -0.4 is 16.2 Å². The molecular formula is C80H93N3O8S4. The Morgan fingerprint density at radius 3 is 2.43 bits per heavy atom. The van der Waals surface area contributed by atoms with Gasteiger partial charge in [-0.05, 0) is 241 Å². The maximum Gasteiger partial charge on any atom is 0.165 e. The van der Waals surface area contributed by atoms with E-state index in [1.807, 2.05) is 64.1 Å². The highest BCUT2D eigenvalue weighted by molar-refractivity contribution is 8.77. The van der Waals surface area contributed by atoms with Crippen LogP contribution in [0.1, 0.15) is 187 Å². The molecule has 15 heteroatoms. The Bertz CT molecular complexity index is 3900. The van der Waals surface area contributed by atoms with Crippen molar-refractivity contribution in [3.8, 4) is 29.1 Å². The molecule has 4 aromatic carbocycles. The van der Waals surface area contributed by atoms with Crippen molar-refractivity contribution in [2.75, 3.05) is 24.7 Å². The first-order valence-corrected chi connectivity index (χ1v) is 40.7. The summed E-state index contributed by atoms with van der Waals surface area (Å²) in [5.41, 5.74) is 20.8. The third-order valence-corrected chi connectivity index (χ3v) is 32.1. The molecule has 0 radical (unpaired) electrons. The number of hydrogen-bond donors (Lipinski definition) is 8. The molecule has 17 atom stereocenters. The van der Waals surface area contributed by atoms with Crippen molar-refractivity contribution in [2.24, 2.45) is 87.4 Å². The molecule has 3 heterocycles. The molecule has 95 heavy (non-hydrogen) atoms. The molecule has 0 unspecified atom stereocenters. The number of aromatic hydroxyl groups is 2. The first-order valence-electron chi connectivity index (χ1n) is 35.8. The van der Waals surface area contributed by atoms with Crippen molar-refractivity contribution in [1.29, 1.82) is 0 Å². The summed E-state index contributed by atoms with van der Waals surface area (Å²) in [6.07, 6.45) is 27.6. The van der Waals surface area contributed by atoms with Crippen molar-refractivity contribution in [3.05, 3.63) is 171 Å². The maximum atomic E-state index is 14.8. The molecule has 7 saturated carbocycles. The minimum Gasteiger partial charge on any atom is -0.508 e. The topological polar surface area (TPSA) is 212 Å². The fourth-order valence-electron chi connectivity index (χ4n) is 22.6. The van der Waals surface area contributed by atoms with E-state index in [2.05, 4.69) is 65.4 Å². The molecule has 1 aromatic heterocycles. The number of phenolic OH excluding ortho intramolecular Hbond substituents is 2. The highest BCUT2D eigenvalue weighted by Crippen LogP contribution is 2.73. The number of aromatic nitrogens is 1. The van der Waals surface area contributed by atoms with Gasteiger partial charge in [0.2, 0.25) is 0 Å². The largest absolute Gasteiger partial charge is 0.508 e. The van der Waals surface area contributed by atoms with Gasteiger partial charge in [-0.15, -0.1) is 0 Å². The van der Waals surface area contributed by atoms with Gasteiger partial charge in [0.15, 0.2) is 23.1 Å². The number of benzene rings is 4. The Labute approximate surface area is 576 Å². The molecule has 11 nitrogen and oxygen atoms in total. The van der Waals surface area contributed by atoms with E-state index in [-0.39, 0.29) is 102 Å². The summed E-state index contributed by atoms with van der Waals surface area (Å²) in [4.78, 5) is 32.7. The molecule has 17 rings (SSSR count). The summed E-state index contributed by atoms with van der Waals surface area (Å²) in [7, 11) is 7.19. The molecule has 0 amide bonds. The molecule has 7 fully saturated rings. The van der Waals surface area contributed by atoms with Gasteiger partial charge in [-0.1, -0.05) is 135 Å². The zero-order valence-corrected chi connectivity index (χ0v) is 57.7. The molecule has 12 aliphatic rings. The van der Waals surface area contributed by atoms with Gasteiger partial charge >= 0.3 is 0 Å². The van der Waals surface area contributed by atoms with E-state index in [9.17, 15) is 35.1 Å². The Balaban J connectivity index is 0.803. The fourth-order valence-corrected chi connectivity index (χ4v) is 28.4. The summed E-state index contributed by atoms with van der Waals surface area (Å²) >= 11 is 0. The minimum atomic E-state index is -1.15. The van der Waals surface area contributed by atoms with E-state index in [4.69, 9.17) is 16.2 Å². The van der Waals surface area contributed by atoms with Crippen molar-refractivity contribution in [2.45, 2.75) is 169 Å². The predicted octanol–water partition coefficient (Wildman–Crippen LogP) is 14.7. The third-order valence-electron chi connectivity index (χ3n) is 26.8. The van der Waals surface area contributed by atoms with Crippen molar-refractivity contribution >= 4 is 54.7 Å². The number of rotatable bonds is 2. The number of phenols is 2. The molecule has 19 bridgehead atoms. The van der Waals surface area contributed by atoms with Crippen LogP contribution in [-0.4, -0.2) is 83.3 Å². The number of carbonyl (C=O) groups is 2. The summed E-state index contributed by atoms with van der Waals surface area (Å²) in [6, 6.07) is 25.8. The Kier molecular flexibility index (Phi) is 17.7. The predicted molar refractivity (Wildman–Crippen MR) is 382 cm³/mol. The number of allylic oxidation sites excluding steroid dienone is 3. The van der Waals surface area contributed by atoms with Gasteiger partial charge in [0.05, 0.1) is 42.3 Å². The number of ether oxygens (including phenoxy) is 1. The number of nitrogens with one attached hydrogen (secondary N) is 1. The summed E-state index contributed by atoms with van der Waals surface area (Å²) in [5.74, 6) is 11.2. The second kappa shape index (κ2) is 26.0. The SMILES string of the molecule is NC(N)c1cc2c3cc1CSSC[C@H]1C[C@@]4(/C=C/C(=O)CCc5ccc(O)c(c5)OCCc5ccc(O)c(c5)[C@H]3CC(=O)c3cc[nH]c3CC#C2)C[C@]1(O)[C@H]1C=C[C@H]4C[C@@H]2[C@H]3Cc4ccccc4[C@H](CO)[C@@H](CSS1)[C@H]3CC[C@@H]1C[C@@H]3CC[C@H]2[C@@]1(O)[C@@H]1CCC2(CCCC2)[C@H]31. The molecule has 5 aromatic rings. The van der Waals surface area contributed by atoms with Crippen molar-refractivity contribution in [3.63, 3.8) is 0 Å². The van der Waals surface area contributed by atoms with Crippen molar-refractivity contribution < 1.29 is 39.9 Å². The Hall–Kier alpha value is -4.86. The normalized spacial score (nSPS) is 36.7. The van der Waals surface area contributed by atoms with Gasteiger partial charge in [0, 0.05) is 76.9 Å². The number of Topliss-reactive ketones (excluding diaryl/α,β-unsaturated/α-hetero) is 1. The van der Waals surface area contributed by atoms with E-state index < -0.39 is 28.7 Å². The van der Waals surface area contributed by atoms with Crippen LogP contribution in [0.4, 0.5) is 0 Å². The summed E-state index contributed by atoms with van der Waals surface area (Å²) in [5, 5.41) is 63.6. The fraction of sp³-hybridized carbons (Fsp3) is 0.550. The van der Waals surface area contributed by atoms with Crippen LogP contribution in [0.15, 0.2) is 109 Å². The van der Waals surface area contributed by atoms with Crippen LogP contribution >= 0.6 is 43.2 Å². The van der Waals surface area contributed by atoms with Gasteiger partial charge in [-0.3, -0.25) is 9.59 Å². The number of H-pyrrole nitrogens is 1. The summed E-state index contributed by atoms with van der Waals surface area (Å²) < 4.78 is 6.36. The number of aliphatic hydroxyl groups is 3. The average Bonchev–Trinajstić information content (AvgIpc) is 1.56. The van der Waals surface area contributed by atoms with E-state index in [1.54, 1.807) is 39.9 Å². The van der Waals surface area contributed by atoms with E-state index in [0.717, 1.165) is 84.2 Å². The molecule has 0 saturated heterocycles. The van der Waals surface area contributed by atoms with Crippen LogP contribution in [0, 0.1) is 87.8 Å². The monoisotopic (exact) mass is 1350 g/mol. The molecule has 2 aliphatic heterocycles. The van der Waals surface area contributed by atoms with Crippen LogP contribution in [0.3, 0.4) is 0 Å². The van der Waals surface area contributed by atoms with Crippen LogP contribution in [0.2, 0.25) is 0 Å². The van der Waals surface area contributed by atoms with E-state index in [0.29, 0.717) is 95.1 Å². The van der Waals surface area contributed by atoms with Gasteiger partial charge in [0.1, 0.15) is 5.75 Å². The second-order valence-electron chi connectivity index (χ2n) is 31.1.